The molecule has 2 aromatic carbocycles. The number of benzene rings is 2. The van der Waals surface area contributed by atoms with Gasteiger partial charge in [-0.15, -0.1) is 0 Å². The van der Waals surface area contributed by atoms with E-state index in [0.717, 1.165) is 12.5 Å². The average Bonchev–Trinajstić information content (AvgIpc) is 2.53. The van der Waals surface area contributed by atoms with Crippen LogP contribution in [0.25, 0.3) is 0 Å². The predicted molar refractivity (Wildman–Crippen MR) is 101 cm³/mol. The Morgan fingerprint density at radius 3 is 1.88 bits per heavy atom. The third-order valence-electron chi connectivity index (χ3n) is 3.71. The lowest BCUT2D eigenvalue weighted by Gasteiger charge is -2.19. The molecule has 2 N–H and O–H groups in total. The number of rotatable bonds is 4. The number of sulfonamides is 1. The van der Waals surface area contributed by atoms with E-state index in [4.69, 9.17) is 0 Å². The molecule has 6 nitrogen and oxygen atoms in total. The molecule has 0 aliphatic carbocycles. The molecular weight excluding hydrogens is 352 g/mol. The van der Waals surface area contributed by atoms with Gasteiger partial charge in [0.1, 0.15) is 0 Å². The van der Waals surface area contributed by atoms with Gasteiger partial charge in [0, 0.05) is 18.2 Å². The number of carbonyl (C=O) groups excluding carboxylic acids is 2. The average molecular weight is 374 g/mol. The molecule has 2 aromatic rings. The number of carbonyl (C=O) groups is 2. The van der Waals surface area contributed by atoms with Crippen LogP contribution in [-0.4, -0.2) is 20.2 Å². The fraction of sp³-hybridized carbons (Fsp3) is 0.263. The summed E-state index contributed by atoms with van der Waals surface area (Å²) in [5, 5.41) is 2.71. The first-order chi connectivity index (χ1) is 12.0. The zero-order valence-electron chi connectivity index (χ0n) is 15.2. The van der Waals surface area contributed by atoms with Gasteiger partial charge in [-0.1, -0.05) is 32.9 Å². The van der Waals surface area contributed by atoms with E-state index < -0.39 is 15.9 Å². The van der Waals surface area contributed by atoms with Gasteiger partial charge < -0.3 is 5.32 Å². The fourth-order valence-corrected chi connectivity index (χ4v) is 3.28. The van der Waals surface area contributed by atoms with Gasteiger partial charge in [-0.25, -0.2) is 13.1 Å². The summed E-state index contributed by atoms with van der Waals surface area (Å²) in [6.45, 7) is 7.41. The maximum atomic E-state index is 12.3. The minimum Gasteiger partial charge on any atom is -0.322 e. The number of hydrogen-bond acceptors (Lipinski definition) is 4. The Hall–Kier alpha value is -2.67. The Morgan fingerprint density at radius 2 is 1.42 bits per heavy atom. The number of hydrogen-bond donors (Lipinski definition) is 2. The number of amides is 2. The Bertz CT molecular complexity index is 910. The van der Waals surface area contributed by atoms with Crippen LogP contribution in [0.3, 0.4) is 0 Å². The van der Waals surface area contributed by atoms with Crippen molar-refractivity contribution in [2.24, 2.45) is 0 Å². The van der Waals surface area contributed by atoms with Gasteiger partial charge in [-0.05, 0) is 47.4 Å². The van der Waals surface area contributed by atoms with Crippen molar-refractivity contribution in [3.63, 3.8) is 0 Å². The molecule has 26 heavy (non-hydrogen) atoms. The van der Waals surface area contributed by atoms with E-state index in [1.165, 1.54) is 24.3 Å². The zero-order chi connectivity index (χ0) is 19.5. The Labute approximate surface area is 153 Å². The largest absolute Gasteiger partial charge is 0.322 e. The molecule has 0 saturated carbocycles. The Balaban J connectivity index is 2.11. The van der Waals surface area contributed by atoms with Crippen molar-refractivity contribution in [2.45, 2.75) is 38.0 Å². The Morgan fingerprint density at radius 1 is 0.885 bits per heavy atom. The molecule has 0 atom stereocenters. The Kier molecular flexibility index (Phi) is 5.51. The molecule has 0 aromatic heterocycles. The molecule has 0 saturated heterocycles. The SMILES string of the molecule is CC(=O)NS(=O)(=O)c1ccc(NC(=O)c2ccc(C(C)(C)C)cc2)cc1. The molecule has 0 heterocycles. The minimum atomic E-state index is -3.89. The highest BCUT2D eigenvalue weighted by Crippen LogP contribution is 2.22. The van der Waals surface area contributed by atoms with Crippen LogP contribution in [0, 0.1) is 0 Å². The van der Waals surface area contributed by atoms with Crippen molar-refractivity contribution >= 4 is 27.5 Å². The van der Waals surface area contributed by atoms with Crippen LogP contribution in [0.4, 0.5) is 5.69 Å². The second kappa shape index (κ2) is 7.29. The summed E-state index contributed by atoms with van der Waals surface area (Å²) in [6, 6.07) is 12.9. The van der Waals surface area contributed by atoms with Crippen molar-refractivity contribution in [3.8, 4) is 0 Å². The summed E-state index contributed by atoms with van der Waals surface area (Å²) in [6.07, 6.45) is 0. The highest BCUT2D eigenvalue weighted by molar-refractivity contribution is 7.90. The van der Waals surface area contributed by atoms with Gasteiger partial charge in [-0.3, -0.25) is 9.59 Å². The molecule has 2 amide bonds. The predicted octanol–water partition coefficient (Wildman–Crippen LogP) is 3.06. The molecule has 0 radical (unpaired) electrons. The molecule has 0 fully saturated rings. The van der Waals surface area contributed by atoms with Gasteiger partial charge in [-0.2, -0.15) is 0 Å². The van der Waals surface area contributed by atoms with E-state index in [-0.39, 0.29) is 16.2 Å². The first-order valence-corrected chi connectivity index (χ1v) is 9.53. The van der Waals surface area contributed by atoms with Crippen molar-refractivity contribution in [1.82, 2.24) is 4.72 Å². The molecule has 138 valence electrons. The first kappa shape index (κ1) is 19.7. The third kappa shape index (κ3) is 4.92. The minimum absolute atomic E-state index is 0.00420. The van der Waals surface area contributed by atoms with Crippen LogP contribution in [-0.2, 0) is 20.2 Å². The van der Waals surface area contributed by atoms with Gasteiger partial charge in [0.2, 0.25) is 5.91 Å². The smallest absolute Gasteiger partial charge is 0.264 e. The maximum absolute atomic E-state index is 12.3. The summed E-state index contributed by atoms with van der Waals surface area (Å²) in [5.41, 5.74) is 2.09. The highest BCUT2D eigenvalue weighted by atomic mass is 32.2. The quantitative estimate of drug-likeness (QED) is 0.860. The molecular formula is C19H22N2O4S. The number of anilines is 1. The second-order valence-corrected chi connectivity index (χ2v) is 8.65. The fourth-order valence-electron chi connectivity index (χ4n) is 2.29. The molecule has 0 unspecified atom stereocenters. The molecule has 0 spiro atoms. The van der Waals surface area contributed by atoms with E-state index >= 15 is 0 Å². The molecule has 7 heteroatoms. The van der Waals surface area contributed by atoms with Crippen molar-refractivity contribution in [1.29, 1.82) is 0 Å². The molecule has 0 bridgehead atoms. The van der Waals surface area contributed by atoms with Crippen LogP contribution in [0.1, 0.15) is 43.6 Å². The standard InChI is InChI=1S/C19H22N2O4S/c1-13(22)21-26(24,25)17-11-9-16(10-12-17)20-18(23)14-5-7-15(8-6-14)19(2,3)4/h5-12H,1-4H3,(H,20,23)(H,21,22). The van der Waals surface area contributed by atoms with Gasteiger partial charge >= 0.3 is 0 Å². The highest BCUT2D eigenvalue weighted by Gasteiger charge is 2.16. The maximum Gasteiger partial charge on any atom is 0.264 e. The van der Waals surface area contributed by atoms with E-state index in [9.17, 15) is 18.0 Å². The van der Waals surface area contributed by atoms with E-state index in [1.807, 2.05) is 16.9 Å². The van der Waals surface area contributed by atoms with E-state index in [2.05, 4.69) is 26.1 Å². The van der Waals surface area contributed by atoms with Crippen LogP contribution in [0.5, 0.6) is 0 Å². The molecule has 0 aliphatic rings. The van der Waals surface area contributed by atoms with Crippen LogP contribution in [0.15, 0.2) is 53.4 Å². The van der Waals surface area contributed by atoms with Crippen molar-refractivity contribution in [2.75, 3.05) is 5.32 Å². The van der Waals surface area contributed by atoms with Crippen LogP contribution in [0.2, 0.25) is 0 Å². The van der Waals surface area contributed by atoms with Crippen molar-refractivity contribution < 1.29 is 18.0 Å². The van der Waals surface area contributed by atoms with Crippen LogP contribution >= 0.6 is 0 Å². The molecule has 0 aliphatic heterocycles. The van der Waals surface area contributed by atoms with Gasteiger partial charge in [0.25, 0.3) is 15.9 Å². The lowest BCUT2D eigenvalue weighted by atomic mass is 9.87. The monoisotopic (exact) mass is 374 g/mol. The first-order valence-electron chi connectivity index (χ1n) is 8.04. The third-order valence-corrected chi connectivity index (χ3v) is 5.16. The van der Waals surface area contributed by atoms with E-state index in [0.29, 0.717) is 11.3 Å². The summed E-state index contributed by atoms with van der Waals surface area (Å²) < 4.78 is 25.7. The van der Waals surface area contributed by atoms with E-state index in [1.54, 1.807) is 12.1 Å². The zero-order valence-corrected chi connectivity index (χ0v) is 16.0. The van der Waals surface area contributed by atoms with Gasteiger partial charge in [0.05, 0.1) is 4.90 Å². The number of nitrogens with one attached hydrogen (secondary N) is 2. The lowest BCUT2D eigenvalue weighted by molar-refractivity contribution is -0.117. The summed E-state index contributed by atoms with van der Waals surface area (Å²) >= 11 is 0. The van der Waals surface area contributed by atoms with Crippen LogP contribution < -0.4 is 10.0 Å². The second-order valence-electron chi connectivity index (χ2n) is 6.97. The summed E-state index contributed by atoms with van der Waals surface area (Å²) in [7, 11) is -3.89. The lowest BCUT2D eigenvalue weighted by Crippen LogP contribution is -2.28. The normalized spacial score (nSPS) is 11.7. The molecule has 2 rings (SSSR count). The topological polar surface area (TPSA) is 92.3 Å². The van der Waals surface area contributed by atoms with Gasteiger partial charge in [0.15, 0.2) is 0 Å². The van der Waals surface area contributed by atoms with Crippen molar-refractivity contribution in [3.05, 3.63) is 59.7 Å². The summed E-state index contributed by atoms with van der Waals surface area (Å²) in [4.78, 5) is 23.2. The summed E-state index contributed by atoms with van der Waals surface area (Å²) in [5.74, 6) is -0.955.